The van der Waals surface area contributed by atoms with E-state index in [-0.39, 0.29) is 24.5 Å². The Morgan fingerprint density at radius 3 is 2.36 bits per heavy atom. The number of carbonyl (C=O) groups is 1. The monoisotopic (exact) mass is 342 g/mol. The molecule has 0 saturated heterocycles. The summed E-state index contributed by atoms with van der Waals surface area (Å²) >= 11 is 0. The number of aliphatic hydroxyl groups excluding tert-OH is 1. The van der Waals surface area contributed by atoms with Crippen molar-refractivity contribution in [2.75, 3.05) is 18.5 Å². The predicted octanol–water partition coefficient (Wildman–Crippen LogP) is 2.57. The summed E-state index contributed by atoms with van der Waals surface area (Å²) in [6.07, 6.45) is 3.09. The number of aliphatic hydroxyl groups is 1. The van der Waals surface area contributed by atoms with Crippen LogP contribution in [0.4, 0.5) is 5.95 Å². The molecule has 1 aromatic heterocycles. The van der Waals surface area contributed by atoms with Crippen molar-refractivity contribution in [3.05, 3.63) is 53.9 Å². The zero-order chi connectivity index (χ0) is 18.2. The maximum absolute atomic E-state index is 12.9. The molecule has 2 N–H and O–H groups in total. The fourth-order valence-corrected chi connectivity index (χ4v) is 2.41. The normalized spacial score (nSPS) is 12.0. The van der Waals surface area contributed by atoms with Gasteiger partial charge in [0.25, 0.3) is 5.91 Å². The van der Waals surface area contributed by atoms with Gasteiger partial charge in [0, 0.05) is 38.1 Å². The van der Waals surface area contributed by atoms with Crippen molar-refractivity contribution < 1.29 is 9.90 Å². The van der Waals surface area contributed by atoms with E-state index >= 15 is 0 Å². The summed E-state index contributed by atoms with van der Waals surface area (Å²) in [5.41, 5.74) is 1.48. The largest absolute Gasteiger partial charge is 0.396 e. The molecule has 0 fully saturated rings. The van der Waals surface area contributed by atoms with Crippen LogP contribution in [0.5, 0.6) is 0 Å². The second-order valence-electron chi connectivity index (χ2n) is 6.55. The van der Waals surface area contributed by atoms with Crippen molar-refractivity contribution in [3.8, 4) is 0 Å². The molecule has 1 amide bonds. The first-order chi connectivity index (χ1) is 12.0. The molecule has 0 unspecified atom stereocenters. The van der Waals surface area contributed by atoms with Crippen LogP contribution in [0.3, 0.4) is 0 Å². The predicted molar refractivity (Wildman–Crippen MR) is 98.2 cm³/mol. The molecule has 134 valence electrons. The van der Waals surface area contributed by atoms with Crippen LogP contribution in [0.2, 0.25) is 0 Å². The van der Waals surface area contributed by atoms with Gasteiger partial charge in [0.15, 0.2) is 0 Å². The first kappa shape index (κ1) is 18.9. The van der Waals surface area contributed by atoms with Crippen LogP contribution in [0.15, 0.2) is 42.7 Å². The minimum atomic E-state index is -0.139. The van der Waals surface area contributed by atoms with Crippen molar-refractivity contribution >= 4 is 11.9 Å². The third-order valence-electron chi connectivity index (χ3n) is 3.66. The van der Waals surface area contributed by atoms with E-state index < -0.39 is 0 Å². The minimum absolute atomic E-state index is 0.00420. The third-order valence-corrected chi connectivity index (χ3v) is 3.66. The van der Waals surface area contributed by atoms with Gasteiger partial charge in [-0.25, -0.2) is 9.97 Å². The highest BCUT2D eigenvalue weighted by Gasteiger charge is 2.19. The maximum Gasteiger partial charge on any atom is 0.257 e. The lowest BCUT2D eigenvalue weighted by atomic mass is 10.1. The van der Waals surface area contributed by atoms with Gasteiger partial charge in [0.1, 0.15) is 0 Å². The average Bonchev–Trinajstić information content (AvgIpc) is 2.61. The molecule has 25 heavy (non-hydrogen) atoms. The van der Waals surface area contributed by atoms with Gasteiger partial charge in [-0.15, -0.1) is 0 Å². The second kappa shape index (κ2) is 9.13. The zero-order valence-electron chi connectivity index (χ0n) is 15.0. The number of hydrogen-bond donors (Lipinski definition) is 2. The zero-order valence-corrected chi connectivity index (χ0v) is 15.0. The number of nitrogens with one attached hydrogen (secondary N) is 1. The average molecular weight is 342 g/mol. The molecule has 1 atom stereocenters. The Hall–Kier alpha value is -2.47. The first-order valence-electron chi connectivity index (χ1n) is 8.52. The Balaban J connectivity index is 2.16. The maximum atomic E-state index is 12.9. The van der Waals surface area contributed by atoms with E-state index in [2.05, 4.69) is 15.3 Å². The van der Waals surface area contributed by atoms with Gasteiger partial charge in [-0.05, 0) is 25.3 Å². The van der Waals surface area contributed by atoms with E-state index in [1.54, 1.807) is 17.3 Å². The molecule has 0 saturated carbocycles. The van der Waals surface area contributed by atoms with E-state index in [1.165, 1.54) is 0 Å². The van der Waals surface area contributed by atoms with Crippen LogP contribution < -0.4 is 5.32 Å². The number of benzene rings is 1. The molecule has 2 rings (SSSR count). The van der Waals surface area contributed by atoms with Crippen LogP contribution in [0.1, 0.15) is 36.7 Å². The standard InChI is InChI=1S/C19H26N4O2/c1-14(2)22-19-20-9-17(10-21-19)18(25)23(11-15(3)13-24)12-16-7-5-4-6-8-16/h4-10,14-15,24H,11-13H2,1-3H3,(H,20,21,22)/t15-/m1/s1. The molecular weight excluding hydrogens is 316 g/mol. The lowest BCUT2D eigenvalue weighted by molar-refractivity contribution is 0.0693. The number of carbonyl (C=O) groups excluding carboxylic acids is 1. The van der Waals surface area contributed by atoms with Gasteiger partial charge in [-0.2, -0.15) is 0 Å². The number of anilines is 1. The SMILES string of the molecule is CC(C)Nc1ncc(C(=O)N(Cc2ccccc2)C[C@@H](C)CO)cn1. The highest BCUT2D eigenvalue weighted by Crippen LogP contribution is 2.12. The summed E-state index contributed by atoms with van der Waals surface area (Å²) in [6, 6.07) is 10.0. The van der Waals surface area contributed by atoms with Gasteiger partial charge >= 0.3 is 0 Å². The van der Waals surface area contributed by atoms with Crippen LogP contribution >= 0.6 is 0 Å². The molecule has 1 heterocycles. The Bertz CT molecular complexity index is 659. The molecule has 6 nitrogen and oxygen atoms in total. The van der Waals surface area contributed by atoms with Crippen LogP contribution in [0, 0.1) is 5.92 Å². The highest BCUT2D eigenvalue weighted by atomic mass is 16.3. The number of amides is 1. The van der Waals surface area contributed by atoms with Crippen molar-refractivity contribution in [1.29, 1.82) is 0 Å². The topological polar surface area (TPSA) is 78.4 Å². The molecule has 0 spiro atoms. The second-order valence-corrected chi connectivity index (χ2v) is 6.55. The van der Waals surface area contributed by atoms with Crippen LogP contribution in [0.25, 0.3) is 0 Å². The summed E-state index contributed by atoms with van der Waals surface area (Å²) in [5, 5.41) is 12.5. The summed E-state index contributed by atoms with van der Waals surface area (Å²) in [5.74, 6) is 0.362. The van der Waals surface area contributed by atoms with E-state index in [4.69, 9.17) is 0 Å². The molecule has 0 bridgehead atoms. The van der Waals surface area contributed by atoms with E-state index in [0.29, 0.717) is 24.6 Å². The van der Waals surface area contributed by atoms with E-state index in [9.17, 15) is 9.90 Å². The molecule has 0 radical (unpaired) electrons. The Labute approximate surface area is 148 Å². The van der Waals surface area contributed by atoms with Gasteiger partial charge in [0.05, 0.1) is 5.56 Å². The molecule has 6 heteroatoms. The van der Waals surface area contributed by atoms with Crippen molar-refractivity contribution in [2.24, 2.45) is 5.92 Å². The first-order valence-corrected chi connectivity index (χ1v) is 8.52. The fourth-order valence-electron chi connectivity index (χ4n) is 2.41. The van der Waals surface area contributed by atoms with Gasteiger partial charge in [0.2, 0.25) is 5.95 Å². The van der Waals surface area contributed by atoms with Crippen molar-refractivity contribution in [3.63, 3.8) is 0 Å². The quantitative estimate of drug-likeness (QED) is 0.771. The van der Waals surface area contributed by atoms with Crippen LogP contribution in [-0.4, -0.2) is 45.1 Å². The number of aromatic nitrogens is 2. The summed E-state index contributed by atoms with van der Waals surface area (Å²) in [7, 11) is 0. The molecule has 2 aromatic rings. The third kappa shape index (κ3) is 5.83. The summed E-state index contributed by atoms with van der Waals surface area (Å²) < 4.78 is 0. The van der Waals surface area contributed by atoms with Crippen molar-refractivity contribution in [2.45, 2.75) is 33.4 Å². The van der Waals surface area contributed by atoms with E-state index in [0.717, 1.165) is 5.56 Å². The highest BCUT2D eigenvalue weighted by molar-refractivity contribution is 5.93. The van der Waals surface area contributed by atoms with Gasteiger partial charge in [-0.1, -0.05) is 37.3 Å². The lowest BCUT2D eigenvalue weighted by Gasteiger charge is -2.25. The lowest BCUT2D eigenvalue weighted by Crippen LogP contribution is -2.35. The smallest absolute Gasteiger partial charge is 0.257 e. The Morgan fingerprint density at radius 2 is 1.80 bits per heavy atom. The summed E-state index contributed by atoms with van der Waals surface area (Å²) in [6.45, 7) is 6.90. The number of rotatable bonds is 8. The Kier molecular flexibility index (Phi) is 6.89. The number of nitrogens with zero attached hydrogens (tertiary/aromatic N) is 3. The van der Waals surface area contributed by atoms with Gasteiger partial charge in [-0.3, -0.25) is 4.79 Å². The fraction of sp³-hybridized carbons (Fsp3) is 0.421. The summed E-state index contributed by atoms with van der Waals surface area (Å²) in [4.78, 5) is 23.0. The molecule has 0 aliphatic carbocycles. The van der Waals surface area contributed by atoms with E-state index in [1.807, 2.05) is 51.1 Å². The van der Waals surface area contributed by atoms with Gasteiger partial charge < -0.3 is 15.3 Å². The minimum Gasteiger partial charge on any atom is -0.396 e. The van der Waals surface area contributed by atoms with Crippen LogP contribution in [-0.2, 0) is 6.54 Å². The van der Waals surface area contributed by atoms with Crippen molar-refractivity contribution in [1.82, 2.24) is 14.9 Å². The molecular formula is C19H26N4O2. The molecule has 0 aliphatic heterocycles. The Morgan fingerprint density at radius 1 is 1.16 bits per heavy atom. The number of hydrogen-bond acceptors (Lipinski definition) is 5. The molecule has 0 aliphatic rings. The molecule has 1 aromatic carbocycles.